The van der Waals surface area contributed by atoms with E-state index in [1.165, 1.54) is 0 Å². The Kier molecular flexibility index (Phi) is 4.16. The standard InChI is InChI=1S/C13H14ClFN4/c1-3-16-13-17-7-10(15)12(19-13)18-11-8(2)5-4-6-9(11)14/h4-7H,3H2,1-2H3,(H2,16,17,18,19). The van der Waals surface area contributed by atoms with Crippen molar-refractivity contribution in [2.75, 3.05) is 17.2 Å². The third-order valence-corrected chi connectivity index (χ3v) is 2.86. The summed E-state index contributed by atoms with van der Waals surface area (Å²) in [6.07, 6.45) is 1.12. The topological polar surface area (TPSA) is 49.8 Å². The number of aryl methyl sites for hydroxylation is 1. The molecule has 0 aliphatic carbocycles. The predicted molar refractivity (Wildman–Crippen MR) is 75.6 cm³/mol. The van der Waals surface area contributed by atoms with Crippen LogP contribution in [0.3, 0.4) is 0 Å². The van der Waals surface area contributed by atoms with Crippen molar-refractivity contribution in [3.05, 3.63) is 40.8 Å². The molecule has 2 rings (SSSR count). The molecule has 0 amide bonds. The van der Waals surface area contributed by atoms with Crippen molar-refractivity contribution >= 4 is 29.1 Å². The SMILES string of the molecule is CCNc1ncc(F)c(Nc2c(C)cccc2Cl)n1. The van der Waals surface area contributed by atoms with Gasteiger partial charge in [0.05, 0.1) is 16.9 Å². The molecule has 0 saturated carbocycles. The minimum Gasteiger partial charge on any atom is -0.354 e. The summed E-state index contributed by atoms with van der Waals surface area (Å²) in [6.45, 7) is 4.47. The van der Waals surface area contributed by atoms with E-state index in [1.807, 2.05) is 26.0 Å². The van der Waals surface area contributed by atoms with Crippen molar-refractivity contribution in [2.24, 2.45) is 0 Å². The number of para-hydroxylation sites is 1. The number of rotatable bonds is 4. The summed E-state index contributed by atoms with van der Waals surface area (Å²) >= 11 is 6.09. The van der Waals surface area contributed by atoms with Crippen LogP contribution in [0.1, 0.15) is 12.5 Å². The molecule has 4 nitrogen and oxygen atoms in total. The number of nitrogens with one attached hydrogen (secondary N) is 2. The van der Waals surface area contributed by atoms with Crippen molar-refractivity contribution in [2.45, 2.75) is 13.8 Å². The lowest BCUT2D eigenvalue weighted by molar-refractivity contribution is 0.619. The van der Waals surface area contributed by atoms with Crippen LogP contribution in [0.5, 0.6) is 0 Å². The highest BCUT2D eigenvalue weighted by Crippen LogP contribution is 2.29. The van der Waals surface area contributed by atoms with E-state index in [0.29, 0.717) is 23.2 Å². The molecular weight excluding hydrogens is 267 g/mol. The lowest BCUT2D eigenvalue weighted by Gasteiger charge is -2.12. The van der Waals surface area contributed by atoms with Crippen LogP contribution in [-0.4, -0.2) is 16.5 Å². The van der Waals surface area contributed by atoms with E-state index in [9.17, 15) is 4.39 Å². The molecule has 1 heterocycles. The van der Waals surface area contributed by atoms with Gasteiger partial charge in [-0.2, -0.15) is 4.98 Å². The van der Waals surface area contributed by atoms with Crippen LogP contribution in [0.2, 0.25) is 5.02 Å². The first kappa shape index (κ1) is 13.5. The van der Waals surface area contributed by atoms with Crippen molar-refractivity contribution in [1.29, 1.82) is 0 Å². The van der Waals surface area contributed by atoms with E-state index in [-0.39, 0.29) is 5.82 Å². The zero-order valence-corrected chi connectivity index (χ0v) is 11.4. The van der Waals surface area contributed by atoms with E-state index in [0.717, 1.165) is 11.8 Å². The highest BCUT2D eigenvalue weighted by molar-refractivity contribution is 6.33. The van der Waals surface area contributed by atoms with Gasteiger partial charge in [0.15, 0.2) is 11.6 Å². The second-order valence-corrected chi connectivity index (χ2v) is 4.38. The number of aromatic nitrogens is 2. The molecule has 0 spiro atoms. The molecule has 1 aromatic carbocycles. The summed E-state index contributed by atoms with van der Waals surface area (Å²) < 4.78 is 13.7. The average Bonchev–Trinajstić information content (AvgIpc) is 2.38. The lowest BCUT2D eigenvalue weighted by atomic mass is 10.2. The van der Waals surface area contributed by atoms with Crippen molar-refractivity contribution in [3.63, 3.8) is 0 Å². The first-order valence-electron chi connectivity index (χ1n) is 5.90. The van der Waals surface area contributed by atoms with Gasteiger partial charge in [-0.3, -0.25) is 0 Å². The highest BCUT2D eigenvalue weighted by atomic mass is 35.5. The third-order valence-electron chi connectivity index (χ3n) is 2.54. The molecule has 2 aromatic rings. The number of halogens is 2. The maximum absolute atomic E-state index is 13.7. The maximum atomic E-state index is 13.7. The van der Waals surface area contributed by atoms with Crippen LogP contribution in [0.4, 0.5) is 21.8 Å². The molecule has 1 aromatic heterocycles. The first-order valence-corrected chi connectivity index (χ1v) is 6.28. The van der Waals surface area contributed by atoms with E-state index < -0.39 is 5.82 Å². The quantitative estimate of drug-likeness (QED) is 0.895. The molecule has 0 saturated heterocycles. The van der Waals surface area contributed by atoms with Gasteiger partial charge in [-0.1, -0.05) is 23.7 Å². The zero-order valence-electron chi connectivity index (χ0n) is 10.7. The molecule has 0 aliphatic heterocycles. The van der Waals surface area contributed by atoms with Crippen LogP contribution >= 0.6 is 11.6 Å². The fourth-order valence-electron chi connectivity index (χ4n) is 1.61. The molecule has 0 unspecified atom stereocenters. The smallest absolute Gasteiger partial charge is 0.224 e. The lowest BCUT2D eigenvalue weighted by Crippen LogP contribution is -2.06. The molecular formula is C13H14ClFN4. The van der Waals surface area contributed by atoms with E-state index in [2.05, 4.69) is 20.6 Å². The van der Waals surface area contributed by atoms with Gasteiger partial charge in [0.2, 0.25) is 5.95 Å². The fourth-order valence-corrected chi connectivity index (χ4v) is 1.88. The number of hydrogen-bond donors (Lipinski definition) is 2. The van der Waals surface area contributed by atoms with Gasteiger partial charge in [0.1, 0.15) is 0 Å². The Bertz CT molecular complexity index is 569. The summed E-state index contributed by atoms with van der Waals surface area (Å²) in [5.41, 5.74) is 1.56. The van der Waals surface area contributed by atoms with Crippen molar-refractivity contribution < 1.29 is 4.39 Å². The maximum Gasteiger partial charge on any atom is 0.224 e. The van der Waals surface area contributed by atoms with Gasteiger partial charge >= 0.3 is 0 Å². The minimum atomic E-state index is -0.527. The minimum absolute atomic E-state index is 0.0992. The van der Waals surface area contributed by atoms with Crippen LogP contribution in [0, 0.1) is 12.7 Å². The van der Waals surface area contributed by atoms with Crippen LogP contribution in [-0.2, 0) is 0 Å². The second-order valence-electron chi connectivity index (χ2n) is 3.98. The Morgan fingerprint density at radius 1 is 1.37 bits per heavy atom. The monoisotopic (exact) mass is 280 g/mol. The number of benzene rings is 1. The van der Waals surface area contributed by atoms with E-state index >= 15 is 0 Å². The molecule has 6 heteroatoms. The van der Waals surface area contributed by atoms with Gasteiger partial charge in [-0.25, -0.2) is 9.37 Å². The van der Waals surface area contributed by atoms with Gasteiger partial charge < -0.3 is 10.6 Å². The molecule has 0 fully saturated rings. The van der Waals surface area contributed by atoms with Gasteiger partial charge in [0, 0.05) is 6.54 Å². The fraction of sp³-hybridized carbons (Fsp3) is 0.231. The predicted octanol–water partition coefficient (Wildman–Crippen LogP) is 3.75. The summed E-state index contributed by atoms with van der Waals surface area (Å²) in [5.74, 6) is -0.0563. The van der Waals surface area contributed by atoms with Crippen molar-refractivity contribution in [1.82, 2.24) is 9.97 Å². The Hall–Kier alpha value is -1.88. The summed E-state index contributed by atoms with van der Waals surface area (Å²) in [6, 6.07) is 5.46. The molecule has 0 atom stereocenters. The Morgan fingerprint density at radius 3 is 2.84 bits per heavy atom. The van der Waals surface area contributed by atoms with E-state index in [1.54, 1.807) is 6.07 Å². The van der Waals surface area contributed by atoms with Crippen LogP contribution in [0.25, 0.3) is 0 Å². The normalized spacial score (nSPS) is 10.3. The number of nitrogens with zero attached hydrogens (tertiary/aromatic N) is 2. The summed E-state index contributed by atoms with van der Waals surface area (Å²) in [5, 5.41) is 6.35. The Balaban J connectivity index is 2.35. The zero-order chi connectivity index (χ0) is 13.8. The largest absolute Gasteiger partial charge is 0.354 e. The summed E-state index contributed by atoms with van der Waals surface area (Å²) in [7, 11) is 0. The van der Waals surface area contributed by atoms with Gasteiger partial charge in [-0.05, 0) is 25.5 Å². The van der Waals surface area contributed by atoms with Gasteiger partial charge in [0.25, 0.3) is 0 Å². The molecule has 0 radical (unpaired) electrons. The number of hydrogen-bond acceptors (Lipinski definition) is 4. The third kappa shape index (κ3) is 3.12. The molecule has 0 bridgehead atoms. The summed E-state index contributed by atoms with van der Waals surface area (Å²) in [4.78, 5) is 7.92. The number of anilines is 3. The van der Waals surface area contributed by atoms with Crippen LogP contribution in [0.15, 0.2) is 24.4 Å². The molecule has 2 N–H and O–H groups in total. The Labute approximate surface area is 116 Å². The van der Waals surface area contributed by atoms with Crippen molar-refractivity contribution in [3.8, 4) is 0 Å². The highest BCUT2D eigenvalue weighted by Gasteiger charge is 2.10. The Morgan fingerprint density at radius 2 is 2.16 bits per heavy atom. The molecule has 100 valence electrons. The van der Waals surface area contributed by atoms with Crippen LogP contribution < -0.4 is 10.6 Å². The van der Waals surface area contributed by atoms with Gasteiger partial charge in [-0.15, -0.1) is 0 Å². The average molecular weight is 281 g/mol. The second kappa shape index (κ2) is 5.84. The molecule has 19 heavy (non-hydrogen) atoms. The molecule has 0 aliphatic rings. The van der Waals surface area contributed by atoms with E-state index in [4.69, 9.17) is 11.6 Å². The first-order chi connectivity index (χ1) is 9.11.